The van der Waals surface area contributed by atoms with Crippen molar-refractivity contribution in [3.63, 3.8) is 0 Å². The minimum absolute atomic E-state index is 0.0683. The Morgan fingerprint density at radius 2 is 1.79 bits per heavy atom. The van der Waals surface area contributed by atoms with Gasteiger partial charge in [0, 0.05) is 30.8 Å². The van der Waals surface area contributed by atoms with E-state index in [1.165, 1.54) is 6.92 Å². The Morgan fingerprint density at radius 1 is 1.10 bits per heavy atom. The van der Waals surface area contributed by atoms with Gasteiger partial charge in [-0.05, 0) is 36.4 Å². The van der Waals surface area contributed by atoms with Gasteiger partial charge in [0.05, 0.1) is 27.8 Å². The number of carbonyl (C=O) groups excluding carboxylic acids is 2. The smallest absolute Gasteiger partial charge is 0.266 e. The summed E-state index contributed by atoms with van der Waals surface area (Å²) in [5, 5.41) is 0.924. The molecular weight excluding hydrogens is 390 g/mol. The molecule has 1 aliphatic rings. The fourth-order valence-electron chi connectivity index (χ4n) is 3.77. The van der Waals surface area contributed by atoms with Gasteiger partial charge < -0.3 is 4.90 Å². The molecule has 0 unspecified atom stereocenters. The van der Waals surface area contributed by atoms with Crippen LogP contribution in [0.1, 0.15) is 49.3 Å². The van der Waals surface area contributed by atoms with Crippen LogP contribution in [0.3, 0.4) is 0 Å². The van der Waals surface area contributed by atoms with Crippen LogP contribution < -0.4 is 10.5 Å². The monoisotopic (exact) mass is 409 g/mol. The highest BCUT2D eigenvalue weighted by Crippen LogP contribution is 2.33. The van der Waals surface area contributed by atoms with Crippen molar-refractivity contribution in [1.29, 1.82) is 0 Å². The van der Waals surface area contributed by atoms with Crippen molar-refractivity contribution in [1.82, 2.24) is 9.55 Å². The number of hydrogen-bond acceptors (Lipinski definition) is 4. The van der Waals surface area contributed by atoms with Crippen molar-refractivity contribution < 1.29 is 9.59 Å². The second kappa shape index (κ2) is 7.12. The molecule has 0 bridgehead atoms. The van der Waals surface area contributed by atoms with Crippen molar-refractivity contribution in [2.75, 3.05) is 11.4 Å². The topological polar surface area (TPSA) is 72.3 Å². The Balaban J connectivity index is 2.08. The Hall–Kier alpha value is -2.99. The average molecular weight is 410 g/mol. The van der Waals surface area contributed by atoms with E-state index < -0.39 is 0 Å². The Labute approximate surface area is 172 Å². The summed E-state index contributed by atoms with van der Waals surface area (Å²) in [5.41, 5.74) is 1.64. The molecule has 0 fully saturated rings. The first-order valence-electron chi connectivity index (χ1n) is 9.46. The number of ketones is 1. The van der Waals surface area contributed by atoms with Gasteiger partial charge in [0.15, 0.2) is 5.78 Å². The number of anilines is 1. The van der Waals surface area contributed by atoms with E-state index in [2.05, 4.69) is 0 Å². The summed E-state index contributed by atoms with van der Waals surface area (Å²) in [6.07, 6.45) is 0.213. The van der Waals surface area contributed by atoms with Crippen molar-refractivity contribution >= 4 is 39.9 Å². The highest BCUT2D eigenvalue weighted by Gasteiger charge is 2.29. The first-order valence-corrected chi connectivity index (χ1v) is 9.84. The second-order valence-corrected chi connectivity index (χ2v) is 7.88. The van der Waals surface area contributed by atoms with E-state index in [0.717, 1.165) is 0 Å². The number of fused-ring (bicyclic) bond motifs is 3. The number of hydrogen-bond donors (Lipinski definition) is 0. The molecule has 3 aromatic rings. The molecule has 0 atom stereocenters. The van der Waals surface area contributed by atoms with Gasteiger partial charge in [-0.25, -0.2) is 4.98 Å². The molecule has 6 nitrogen and oxygen atoms in total. The van der Waals surface area contributed by atoms with E-state index in [-0.39, 0.29) is 29.6 Å². The molecule has 1 amide bonds. The molecule has 0 saturated carbocycles. The highest BCUT2D eigenvalue weighted by molar-refractivity contribution is 6.30. The van der Waals surface area contributed by atoms with Gasteiger partial charge in [0.25, 0.3) is 5.56 Å². The van der Waals surface area contributed by atoms with Crippen LogP contribution in [-0.4, -0.2) is 27.8 Å². The lowest BCUT2D eigenvalue weighted by atomic mass is 9.97. The first kappa shape index (κ1) is 19.3. The van der Waals surface area contributed by atoms with Crippen LogP contribution in [0.25, 0.3) is 16.6 Å². The van der Waals surface area contributed by atoms with Crippen molar-refractivity contribution in [3.8, 4) is 5.69 Å². The van der Waals surface area contributed by atoms with Crippen LogP contribution in [-0.2, 0) is 4.79 Å². The molecule has 2 aromatic carbocycles. The molecule has 4 rings (SSSR count). The first-order chi connectivity index (χ1) is 13.8. The Morgan fingerprint density at radius 3 is 2.41 bits per heavy atom. The summed E-state index contributed by atoms with van der Waals surface area (Å²) in [5.74, 6) is 0.234. The standard InChI is InChI=1S/C22H20ClN3O3/c1-12(2)21-24-20-16(22(29)26(21)15-6-4-14(23)5-7-15)8-9-17-19(20)18(28)10-11-25(17)13(3)27/h4-9,12H,10-11H2,1-3H3. The number of benzene rings is 2. The van der Waals surface area contributed by atoms with Gasteiger partial charge in [0.1, 0.15) is 5.82 Å². The van der Waals surface area contributed by atoms with Gasteiger partial charge >= 0.3 is 0 Å². The summed E-state index contributed by atoms with van der Waals surface area (Å²) in [6.45, 7) is 5.69. The molecule has 0 radical (unpaired) electrons. The number of aromatic nitrogens is 2. The maximum atomic E-state index is 13.4. The summed E-state index contributed by atoms with van der Waals surface area (Å²) in [7, 11) is 0. The van der Waals surface area contributed by atoms with Gasteiger partial charge in [-0.15, -0.1) is 0 Å². The van der Waals surface area contributed by atoms with Crippen molar-refractivity contribution in [2.45, 2.75) is 33.1 Å². The Bertz CT molecular complexity index is 1210. The predicted octanol–water partition coefficient (Wildman–Crippen LogP) is 4.10. The van der Waals surface area contributed by atoms with E-state index in [1.807, 2.05) is 13.8 Å². The van der Waals surface area contributed by atoms with Crippen LogP contribution >= 0.6 is 11.6 Å². The molecule has 0 aliphatic carbocycles. The highest BCUT2D eigenvalue weighted by atomic mass is 35.5. The quantitative estimate of drug-likeness (QED) is 0.638. The van der Waals surface area contributed by atoms with Crippen LogP contribution in [0.5, 0.6) is 0 Å². The third-order valence-electron chi connectivity index (χ3n) is 5.16. The SMILES string of the molecule is CC(=O)N1CCC(=O)c2c1ccc1c(=O)n(-c3ccc(Cl)cc3)c(C(C)C)nc21. The third-order valence-corrected chi connectivity index (χ3v) is 5.41. The predicted molar refractivity (Wildman–Crippen MR) is 113 cm³/mol. The average Bonchev–Trinajstić information content (AvgIpc) is 2.68. The molecule has 0 saturated heterocycles. The lowest BCUT2D eigenvalue weighted by Crippen LogP contribution is -2.36. The number of carbonyl (C=O) groups is 2. The second-order valence-electron chi connectivity index (χ2n) is 7.44. The minimum atomic E-state index is -0.253. The summed E-state index contributed by atoms with van der Waals surface area (Å²) >= 11 is 6.00. The summed E-state index contributed by atoms with van der Waals surface area (Å²) in [6, 6.07) is 10.3. The van der Waals surface area contributed by atoms with E-state index in [4.69, 9.17) is 16.6 Å². The lowest BCUT2D eigenvalue weighted by molar-refractivity contribution is -0.116. The Kier molecular flexibility index (Phi) is 4.74. The fourth-order valence-corrected chi connectivity index (χ4v) is 3.90. The van der Waals surface area contributed by atoms with Crippen LogP contribution in [0.15, 0.2) is 41.2 Å². The molecule has 2 heterocycles. The number of halogens is 1. The maximum absolute atomic E-state index is 13.4. The zero-order valence-electron chi connectivity index (χ0n) is 16.4. The van der Waals surface area contributed by atoms with E-state index in [1.54, 1.807) is 45.9 Å². The number of nitrogens with zero attached hydrogens (tertiary/aromatic N) is 3. The van der Waals surface area contributed by atoms with Crippen LogP contribution in [0, 0.1) is 0 Å². The fraction of sp³-hybridized carbons (Fsp3) is 0.273. The van der Waals surface area contributed by atoms with Crippen LogP contribution in [0.2, 0.25) is 5.02 Å². The van der Waals surface area contributed by atoms with Crippen molar-refractivity contribution in [3.05, 3.63) is 63.2 Å². The number of rotatable bonds is 2. The van der Waals surface area contributed by atoms with Gasteiger partial charge in [-0.1, -0.05) is 25.4 Å². The lowest BCUT2D eigenvalue weighted by Gasteiger charge is -2.28. The third kappa shape index (κ3) is 3.13. The maximum Gasteiger partial charge on any atom is 0.266 e. The van der Waals surface area contributed by atoms with Crippen molar-refractivity contribution in [2.24, 2.45) is 0 Å². The number of amides is 1. The molecular formula is C22H20ClN3O3. The molecule has 1 aliphatic heterocycles. The van der Waals surface area contributed by atoms with E-state index in [0.29, 0.717) is 45.2 Å². The van der Waals surface area contributed by atoms with Gasteiger partial charge in [-0.2, -0.15) is 0 Å². The minimum Gasteiger partial charge on any atom is -0.311 e. The van der Waals surface area contributed by atoms with Gasteiger partial charge in [-0.3, -0.25) is 19.0 Å². The number of Topliss-reactive ketones (excluding diaryl/α,β-unsaturated/α-hetero) is 1. The molecule has 1 aromatic heterocycles. The van der Waals surface area contributed by atoms with E-state index >= 15 is 0 Å². The normalized spacial score (nSPS) is 13.8. The molecule has 29 heavy (non-hydrogen) atoms. The van der Waals surface area contributed by atoms with E-state index in [9.17, 15) is 14.4 Å². The molecule has 148 valence electrons. The molecule has 7 heteroatoms. The zero-order chi connectivity index (χ0) is 20.9. The largest absolute Gasteiger partial charge is 0.311 e. The molecule has 0 N–H and O–H groups in total. The molecule has 0 spiro atoms. The van der Waals surface area contributed by atoms with Crippen LogP contribution in [0.4, 0.5) is 5.69 Å². The summed E-state index contributed by atoms with van der Waals surface area (Å²) < 4.78 is 1.56. The summed E-state index contributed by atoms with van der Waals surface area (Å²) in [4.78, 5) is 44.6. The van der Waals surface area contributed by atoms with Gasteiger partial charge in [0.2, 0.25) is 5.91 Å². The zero-order valence-corrected chi connectivity index (χ0v) is 17.2.